The molecule has 0 saturated carbocycles. The van der Waals surface area contributed by atoms with E-state index in [1.54, 1.807) is 50.2 Å². The van der Waals surface area contributed by atoms with Gasteiger partial charge in [0.1, 0.15) is 0 Å². The number of benzene rings is 2. The Morgan fingerprint density at radius 1 is 1.04 bits per heavy atom. The second kappa shape index (κ2) is 7.51. The zero-order valence-corrected chi connectivity index (χ0v) is 15.6. The maximum atomic E-state index is 12.7. The molecule has 28 heavy (non-hydrogen) atoms. The number of azo groups is 1. The number of carbonyl (C=O) groups is 2. The van der Waals surface area contributed by atoms with Crippen molar-refractivity contribution in [2.24, 2.45) is 10.2 Å². The van der Waals surface area contributed by atoms with Gasteiger partial charge in [-0.1, -0.05) is 28.4 Å². The highest BCUT2D eigenvalue weighted by Crippen LogP contribution is 2.40. The Balaban J connectivity index is 2.21. The van der Waals surface area contributed by atoms with Crippen LogP contribution in [-0.4, -0.2) is 33.4 Å². The molecule has 0 fully saturated rings. The quantitative estimate of drug-likeness (QED) is 0.653. The van der Waals surface area contributed by atoms with E-state index in [1.807, 2.05) is 6.92 Å². The molecule has 1 aromatic heterocycles. The van der Waals surface area contributed by atoms with Crippen molar-refractivity contribution in [3.05, 3.63) is 53.1 Å². The van der Waals surface area contributed by atoms with E-state index in [2.05, 4.69) is 15.0 Å². The lowest BCUT2D eigenvalue weighted by Crippen LogP contribution is -2.08. The largest absolute Gasteiger partial charge is 0.494 e. The van der Waals surface area contributed by atoms with Crippen LogP contribution in [0.2, 0.25) is 0 Å². The fourth-order valence-electron chi connectivity index (χ4n) is 3.13. The van der Waals surface area contributed by atoms with E-state index in [4.69, 9.17) is 0 Å². The second-order valence-corrected chi connectivity index (χ2v) is 6.21. The molecule has 0 spiro atoms. The van der Waals surface area contributed by atoms with Gasteiger partial charge in [-0.15, -0.1) is 0 Å². The smallest absolute Gasteiger partial charge is 0.452 e. The topological polar surface area (TPSA) is 113 Å². The van der Waals surface area contributed by atoms with Crippen LogP contribution in [0, 0.1) is 13.8 Å². The number of ether oxygens (including phenoxy) is 1. The van der Waals surface area contributed by atoms with Gasteiger partial charge in [-0.2, -0.15) is 0 Å². The lowest BCUT2D eigenvalue weighted by molar-refractivity contribution is 0.0988. The van der Waals surface area contributed by atoms with Gasteiger partial charge in [-0.3, -0.25) is 4.79 Å². The van der Waals surface area contributed by atoms with Gasteiger partial charge in [-0.05, 0) is 50.1 Å². The van der Waals surface area contributed by atoms with Gasteiger partial charge in [0.15, 0.2) is 0 Å². The molecule has 2 aromatic carbocycles. The van der Waals surface area contributed by atoms with E-state index in [9.17, 15) is 19.8 Å². The summed E-state index contributed by atoms with van der Waals surface area (Å²) < 4.78 is 5.81. The Bertz CT molecular complexity index is 1080. The first-order valence-electron chi connectivity index (χ1n) is 8.61. The highest BCUT2D eigenvalue weighted by atomic mass is 16.5. The van der Waals surface area contributed by atoms with Crippen molar-refractivity contribution < 1.29 is 24.5 Å². The Morgan fingerprint density at radius 2 is 1.64 bits per heavy atom. The molecule has 0 bridgehead atoms. The van der Waals surface area contributed by atoms with Crippen molar-refractivity contribution in [1.82, 2.24) is 4.57 Å². The Hall–Kier alpha value is -3.68. The molecule has 0 aliphatic carbocycles. The molecule has 0 unspecified atom stereocenters. The van der Waals surface area contributed by atoms with Crippen LogP contribution in [0.4, 0.5) is 4.79 Å². The van der Waals surface area contributed by atoms with Gasteiger partial charge in [0.25, 0.3) is 5.91 Å². The van der Waals surface area contributed by atoms with Crippen LogP contribution in [0.15, 0.2) is 46.6 Å². The van der Waals surface area contributed by atoms with Gasteiger partial charge in [-0.25, -0.2) is 9.36 Å². The third-order valence-corrected chi connectivity index (χ3v) is 4.24. The van der Waals surface area contributed by atoms with Crippen molar-refractivity contribution in [2.45, 2.75) is 20.8 Å². The Morgan fingerprint density at radius 3 is 2.21 bits per heavy atom. The maximum Gasteiger partial charge on any atom is 0.452 e. The van der Waals surface area contributed by atoms with E-state index >= 15 is 0 Å². The van der Waals surface area contributed by atoms with E-state index in [0.717, 1.165) is 5.56 Å². The summed E-state index contributed by atoms with van der Waals surface area (Å²) in [5.74, 6) is -1.22. The summed E-state index contributed by atoms with van der Waals surface area (Å²) in [4.78, 5) is 24.1. The monoisotopic (exact) mass is 381 g/mol. The summed E-state index contributed by atoms with van der Waals surface area (Å²) in [6.45, 7) is 5.24. The van der Waals surface area contributed by atoms with Gasteiger partial charge in [0.05, 0.1) is 17.9 Å². The third kappa shape index (κ3) is 3.32. The normalized spacial score (nSPS) is 11.2. The summed E-state index contributed by atoms with van der Waals surface area (Å²) in [5.41, 5.74) is 1.70. The molecule has 8 heteroatoms. The van der Waals surface area contributed by atoms with Crippen LogP contribution in [0.3, 0.4) is 0 Å². The molecule has 3 rings (SSSR count). The van der Waals surface area contributed by atoms with Crippen molar-refractivity contribution in [3.63, 3.8) is 0 Å². The standard InChI is InChI=1S/C20H19N3O5/c1-4-28-20(27)22-21-17(24)16-12(3)9-11(2)10-15(16)23-18(25)13-7-5-6-8-14(13)19(23)26/h5-10,25-26H,4H2,1-3H3. The number of fused-ring (bicyclic) bond motifs is 1. The van der Waals surface area contributed by atoms with Crippen LogP contribution in [0.5, 0.6) is 11.8 Å². The van der Waals surface area contributed by atoms with Gasteiger partial charge < -0.3 is 14.9 Å². The molecule has 0 saturated heterocycles. The highest BCUT2D eigenvalue weighted by molar-refractivity contribution is 6.02. The van der Waals surface area contributed by atoms with E-state index in [0.29, 0.717) is 16.3 Å². The van der Waals surface area contributed by atoms with Crippen LogP contribution in [0.25, 0.3) is 16.5 Å². The summed E-state index contributed by atoms with van der Waals surface area (Å²) >= 11 is 0. The zero-order valence-electron chi connectivity index (χ0n) is 15.6. The summed E-state index contributed by atoms with van der Waals surface area (Å²) in [6, 6.07) is 10.2. The molecule has 0 radical (unpaired) electrons. The molecule has 1 heterocycles. The first-order chi connectivity index (χ1) is 13.3. The fourth-order valence-corrected chi connectivity index (χ4v) is 3.13. The Labute approximate surface area is 160 Å². The second-order valence-electron chi connectivity index (χ2n) is 6.21. The number of nitrogens with zero attached hydrogens (tertiary/aromatic N) is 3. The molecule has 2 amide bonds. The number of aryl methyl sites for hydroxylation is 2. The number of hydrogen-bond acceptors (Lipinski definition) is 5. The number of hydrogen-bond donors (Lipinski definition) is 2. The molecule has 2 N–H and O–H groups in total. The molecule has 0 atom stereocenters. The van der Waals surface area contributed by atoms with Crippen molar-refractivity contribution in [2.75, 3.05) is 6.61 Å². The van der Waals surface area contributed by atoms with Crippen molar-refractivity contribution >= 4 is 22.8 Å². The lowest BCUT2D eigenvalue weighted by Gasteiger charge is -2.14. The fraction of sp³-hybridized carbons (Fsp3) is 0.200. The number of aromatic hydroxyl groups is 2. The molecule has 144 valence electrons. The number of aromatic nitrogens is 1. The zero-order chi connectivity index (χ0) is 20.4. The average Bonchev–Trinajstić information content (AvgIpc) is 2.90. The molecule has 0 aliphatic rings. The minimum Gasteiger partial charge on any atom is -0.494 e. The van der Waals surface area contributed by atoms with Crippen LogP contribution in [-0.2, 0) is 4.74 Å². The van der Waals surface area contributed by atoms with Gasteiger partial charge in [0, 0.05) is 10.8 Å². The first kappa shape index (κ1) is 19.1. The lowest BCUT2D eigenvalue weighted by atomic mass is 10.0. The number of amides is 2. The van der Waals surface area contributed by atoms with Crippen LogP contribution in [0.1, 0.15) is 28.4 Å². The van der Waals surface area contributed by atoms with Gasteiger partial charge in [0.2, 0.25) is 11.8 Å². The average molecular weight is 381 g/mol. The molecular formula is C20H19N3O5. The van der Waals surface area contributed by atoms with Gasteiger partial charge >= 0.3 is 6.09 Å². The number of carbonyl (C=O) groups excluding carboxylic acids is 2. The summed E-state index contributed by atoms with van der Waals surface area (Å²) in [7, 11) is 0. The predicted molar refractivity (Wildman–Crippen MR) is 102 cm³/mol. The predicted octanol–water partition coefficient (Wildman–Crippen LogP) is 4.41. The molecule has 8 nitrogen and oxygen atoms in total. The maximum absolute atomic E-state index is 12.7. The Kier molecular flexibility index (Phi) is 5.12. The first-order valence-corrected chi connectivity index (χ1v) is 8.61. The van der Waals surface area contributed by atoms with Crippen LogP contribution >= 0.6 is 0 Å². The van der Waals surface area contributed by atoms with E-state index < -0.39 is 12.0 Å². The molecule has 3 aromatic rings. The highest BCUT2D eigenvalue weighted by Gasteiger charge is 2.23. The van der Waals surface area contributed by atoms with E-state index in [1.165, 1.54) is 4.57 Å². The molecular weight excluding hydrogens is 362 g/mol. The van der Waals surface area contributed by atoms with Crippen molar-refractivity contribution in [3.8, 4) is 17.4 Å². The van der Waals surface area contributed by atoms with E-state index in [-0.39, 0.29) is 29.6 Å². The number of rotatable bonds is 3. The third-order valence-electron chi connectivity index (χ3n) is 4.24. The minimum absolute atomic E-state index is 0.101. The summed E-state index contributed by atoms with van der Waals surface area (Å²) in [5, 5.41) is 28.9. The minimum atomic E-state index is -0.973. The van der Waals surface area contributed by atoms with Crippen LogP contribution < -0.4 is 0 Å². The molecule has 0 aliphatic heterocycles. The van der Waals surface area contributed by atoms with Crippen molar-refractivity contribution in [1.29, 1.82) is 0 Å². The summed E-state index contributed by atoms with van der Waals surface area (Å²) in [6.07, 6.45) is -0.973. The SMILES string of the molecule is CCOC(=O)N=NC(=O)c1c(C)cc(C)cc1-n1c(O)c2ccccc2c1O.